The fraction of sp³-hybridized carbons (Fsp3) is 0.0400. The first kappa shape index (κ1) is 22.1. The van der Waals surface area contributed by atoms with Gasteiger partial charge in [0.2, 0.25) is 0 Å². The fourth-order valence-corrected chi connectivity index (χ4v) is 6.75. The van der Waals surface area contributed by atoms with Crippen molar-refractivity contribution in [3.8, 4) is 0 Å². The second-order valence-corrected chi connectivity index (χ2v) is 10.0. The second-order valence-electron chi connectivity index (χ2n) is 7.04. The highest BCUT2D eigenvalue weighted by molar-refractivity contribution is 7.87. The number of esters is 1. The molecule has 0 aliphatic carbocycles. The predicted octanol–water partition coefficient (Wildman–Crippen LogP) is 2.28. The maximum atomic E-state index is 12.5. The summed E-state index contributed by atoms with van der Waals surface area (Å²) in [5, 5.41) is 9.25. The topological polar surface area (TPSA) is 97.2 Å². The highest BCUT2D eigenvalue weighted by atomic mass is 31.2. The summed E-state index contributed by atoms with van der Waals surface area (Å²) in [5.41, 5.74) is -0.402. The van der Waals surface area contributed by atoms with E-state index in [0.29, 0.717) is 0 Å². The minimum Gasteiger partial charge on any atom is -0.466 e. The van der Waals surface area contributed by atoms with Crippen molar-refractivity contribution in [2.45, 2.75) is 0 Å². The molecule has 0 saturated carbocycles. The number of amides is 2. The minimum atomic E-state index is -2.72. The Morgan fingerprint density at radius 3 is 1.67 bits per heavy atom. The van der Waals surface area contributed by atoms with Crippen LogP contribution in [0, 0.1) is 0 Å². The third-order valence-electron chi connectivity index (χ3n) is 5.07. The van der Waals surface area contributed by atoms with Crippen molar-refractivity contribution < 1.29 is 19.1 Å². The van der Waals surface area contributed by atoms with Crippen LogP contribution in [0.5, 0.6) is 0 Å². The molecule has 0 bridgehead atoms. The summed E-state index contributed by atoms with van der Waals surface area (Å²) in [6.45, 7) is 0. The highest BCUT2D eigenvalue weighted by Crippen LogP contribution is 2.46. The molecule has 0 spiro atoms. The van der Waals surface area contributed by atoms with Crippen LogP contribution in [0.3, 0.4) is 0 Å². The zero-order valence-corrected chi connectivity index (χ0v) is 18.6. The number of hydrogen-bond acceptors (Lipinski definition) is 5. The van der Waals surface area contributed by atoms with Gasteiger partial charge >= 0.3 is 5.97 Å². The molecular weight excluding hydrogens is 437 g/mol. The van der Waals surface area contributed by atoms with Crippen molar-refractivity contribution in [3.05, 3.63) is 103 Å². The first-order valence-electron chi connectivity index (χ1n) is 10.1. The first-order chi connectivity index (χ1) is 16.1. The molecule has 4 rings (SSSR count). The highest BCUT2D eigenvalue weighted by Gasteiger charge is 2.34. The van der Waals surface area contributed by atoms with Crippen LogP contribution < -0.4 is 21.2 Å². The Labute approximate surface area is 190 Å². The van der Waals surface area contributed by atoms with E-state index in [9.17, 15) is 14.4 Å². The van der Waals surface area contributed by atoms with Crippen LogP contribution in [0.4, 0.5) is 0 Å². The maximum Gasteiger partial charge on any atom is 0.331 e. The first-order valence-corrected chi connectivity index (χ1v) is 11.8. The number of hydrogen-bond donors (Lipinski definition) is 1. The lowest BCUT2D eigenvalue weighted by molar-refractivity contribution is -0.135. The quantitative estimate of drug-likeness (QED) is 0.209. The molecule has 164 valence electrons. The van der Waals surface area contributed by atoms with Crippen molar-refractivity contribution in [1.29, 1.82) is 0 Å². The molecule has 1 N–H and O–H groups in total. The zero-order chi connectivity index (χ0) is 23.3. The van der Waals surface area contributed by atoms with Gasteiger partial charge in [-0.2, -0.15) is 4.85 Å². The van der Waals surface area contributed by atoms with Crippen LogP contribution in [-0.4, -0.2) is 30.6 Å². The van der Waals surface area contributed by atoms with Gasteiger partial charge in [-0.05, 0) is 0 Å². The Kier molecular flexibility index (Phi) is 6.43. The summed E-state index contributed by atoms with van der Waals surface area (Å²) < 4.78 is 4.61. The molecule has 1 aliphatic heterocycles. The Hall–Kier alpha value is -4.09. The lowest BCUT2D eigenvalue weighted by atomic mass is 10.2. The molecule has 8 heteroatoms. The molecule has 1 heterocycles. The Morgan fingerprint density at radius 2 is 1.24 bits per heavy atom. The van der Waals surface area contributed by atoms with Gasteiger partial charge in [-0.1, -0.05) is 91.0 Å². The van der Waals surface area contributed by atoms with E-state index in [1.54, 1.807) is 0 Å². The second kappa shape index (κ2) is 9.59. The average Bonchev–Trinajstić information content (AvgIpc) is 3.13. The lowest BCUT2D eigenvalue weighted by Crippen LogP contribution is -2.25. The number of nitrogens with one attached hydrogen (secondary N) is 1. The van der Waals surface area contributed by atoms with E-state index >= 15 is 0 Å². The summed E-state index contributed by atoms with van der Waals surface area (Å²) in [5.74, 6) is -2.20. The van der Waals surface area contributed by atoms with Gasteiger partial charge in [0.15, 0.2) is 5.71 Å². The molecule has 1 aliphatic rings. The number of imide groups is 1. The smallest absolute Gasteiger partial charge is 0.331 e. The van der Waals surface area contributed by atoms with Crippen LogP contribution in [0.25, 0.3) is 0 Å². The largest absolute Gasteiger partial charge is 0.466 e. The van der Waals surface area contributed by atoms with Gasteiger partial charge in [0.05, 0.1) is 19.7 Å². The summed E-state index contributed by atoms with van der Waals surface area (Å²) in [4.78, 5) is 41.3. The minimum absolute atomic E-state index is 0.178. The van der Waals surface area contributed by atoms with Crippen LogP contribution >= 0.6 is 7.05 Å². The summed E-state index contributed by atoms with van der Waals surface area (Å²) in [6.07, 6.45) is 0.947. The van der Waals surface area contributed by atoms with Crippen LogP contribution in [0.2, 0.25) is 0 Å². The molecule has 33 heavy (non-hydrogen) atoms. The molecule has 3 aromatic rings. The van der Waals surface area contributed by atoms with Gasteiger partial charge in [-0.3, -0.25) is 14.9 Å². The third kappa shape index (κ3) is 4.31. The number of carbonyl (C=O) groups excluding carboxylic acids is 3. The zero-order valence-electron chi connectivity index (χ0n) is 17.7. The van der Waals surface area contributed by atoms with E-state index in [0.717, 1.165) is 22.0 Å². The molecule has 1 fully saturated rings. The van der Waals surface area contributed by atoms with E-state index in [-0.39, 0.29) is 11.3 Å². The van der Waals surface area contributed by atoms with E-state index < -0.39 is 24.8 Å². The number of methoxy groups -OCH3 is 1. The van der Waals surface area contributed by atoms with E-state index in [1.807, 2.05) is 91.0 Å². The standard InChI is InChI=1S/C25H20N3O4P/c1-32-22(29)17-21-23(25(31)26-24(21)30)27-28-33(18-11-5-2-6-12-18,19-13-7-3-8-14-19)20-15-9-4-10-16-20/h2-17H,1H3,(H,26,30,31)/b21-17+,27-23-. The molecule has 0 unspecified atom stereocenters. The van der Waals surface area contributed by atoms with Gasteiger partial charge in [-0.25, -0.2) is 4.79 Å². The van der Waals surface area contributed by atoms with E-state index in [4.69, 9.17) is 4.85 Å². The van der Waals surface area contributed by atoms with Gasteiger partial charge in [0, 0.05) is 22.0 Å². The van der Waals surface area contributed by atoms with Gasteiger partial charge < -0.3 is 4.74 Å². The maximum absolute atomic E-state index is 12.5. The molecule has 2 amide bonds. The normalized spacial score (nSPS) is 16.0. The predicted molar refractivity (Wildman–Crippen MR) is 128 cm³/mol. The Balaban J connectivity index is 2.05. The van der Waals surface area contributed by atoms with Gasteiger partial charge in [0.25, 0.3) is 11.8 Å². The van der Waals surface area contributed by atoms with Crippen molar-refractivity contribution in [2.24, 2.45) is 9.96 Å². The van der Waals surface area contributed by atoms with Crippen molar-refractivity contribution >= 4 is 46.5 Å². The summed E-state index contributed by atoms with van der Waals surface area (Å²) in [6, 6.07) is 29.1. The molecule has 0 atom stereocenters. The number of ether oxygens (including phenoxy) is 1. The number of nitrogens with zero attached hydrogens (tertiary/aromatic N) is 2. The third-order valence-corrected chi connectivity index (χ3v) is 8.57. The van der Waals surface area contributed by atoms with Gasteiger partial charge in [0.1, 0.15) is 0 Å². The molecule has 3 aromatic carbocycles. The van der Waals surface area contributed by atoms with Crippen LogP contribution in [-0.2, 0) is 19.1 Å². The number of carbonyl (C=O) groups is 3. The Bertz CT molecular complexity index is 1210. The van der Waals surface area contributed by atoms with E-state index in [2.05, 4.69) is 15.2 Å². The van der Waals surface area contributed by atoms with Crippen molar-refractivity contribution in [3.63, 3.8) is 0 Å². The van der Waals surface area contributed by atoms with E-state index in [1.165, 1.54) is 7.11 Å². The van der Waals surface area contributed by atoms with Crippen molar-refractivity contribution in [2.75, 3.05) is 7.11 Å². The van der Waals surface area contributed by atoms with Gasteiger partial charge in [-0.15, -0.1) is 5.10 Å². The number of rotatable bonds is 5. The lowest BCUT2D eigenvalue weighted by Gasteiger charge is -2.25. The van der Waals surface area contributed by atoms with Crippen molar-refractivity contribution in [1.82, 2.24) is 5.32 Å². The Morgan fingerprint density at radius 1 is 0.788 bits per heavy atom. The van der Waals surface area contributed by atoms with Crippen LogP contribution in [0.15, 0.2) is 113 Å². The average molecular weight is 457 g/mol. The molecule has 7 nitrogen and oxygen atoms in total. The summed E-state index contributed by atoms with van der Waals surface area (Å²) in [7, 11) is -1.53. The molecule has 0 radical (unpaired) electrons. The monoisotopic (exact) mass is 457 g/mol. The summed E-state index contributed by atoms with van der Waals surface area (Å²) >= 11 is 0. The number of benzene rings is 3. The van der Waals surface area contributed by atoms with Crippen LogP contribution in [0.1, 0.15) is 0 Å². The fourth-order valence-electron chi connectivity index (χ4n) is 3.51. The molecular formula is C25H20N3O4P. The molecule has 1 saturated heterocycles. The molecule has 0 aromatic heterocycles. The SMILES string of the molecule is COC(=O)/C=C1/C(=O)NC(=O)/C1=N\N=P(c1ccccc1)(c1ccccc1)c1ccccc1.